The zero-order valence-corrected chi connectivity index (χ0v) is 24.6. The third kappa shape index (κ3) is 7.38. The van der Waals surface area contributed by atoms with Gasteiger partial charge in [0.2, 0.25) is 17.5 Å². The van der Waals surface area contributed by atoms with Crippen molar-refractivity contribution in [2.24, 2.45) is 5.73 Å². The Bertz CT molecular complexity index is 1530. The van der Waals surface area contributed by atoms with Crippen LogP contribution in [-0.2, 0) is 9.53 Å². The zero-order chi connectivity index (χ0) is 30.4. The monoisotopic (exact) mass is 576 g/mol. The van der Waals surface area contributed by atoms with Gasteiger partial charge in [-0.25, -0.2) is 0 Å². The quantitative estimate of drug-likeness (QED) is 0.223. The molecule has 222 valence electrons. The van der Waals surface area contributed by atoms with Gasteiger partial charge in [0.05, 0.1) is 12.1 Å². The van der Waals surface area contributed by atoms with E-state index >= 15 is 0 Å². The maximum atomic E-state index is 12.9. The van der Waals surface area contributed by atoms with Gasteiger partial charge in [-0.3, -0.25) is 9.59 Å². The normalized spacial score (nSPS) is 12.3. The molecule has 4 rings (SSSR count). The first-order chi connectivity index (χ1) is 20.0. The summed E-state index contributed by atoms with van der Waals surface area (Å²) in [7, 11) is 0. The van der Waals surface area contributed by atoms with Gasteiger partial charge in [0.25, 0.3) is 11.8 Å². The van der Waals surface area contributed by atoms with Crippen LogP contribution in [0.4, 0.5) is 0 Å². The average Bonchev–Trinajstić information content (AvgIpc) is 3.66. The lowest BCUT2D eigenvalue weighted by Gasteiger charge is -2.26. The van der Waals surface area contributed by atoms with Gasteiger partial charge in [-0.15, -0.1) is 0 Å². The highest BCUT2D eigenvalue weighted by Gasteiger charge is 2.25. The van der Waals surface area contributed by atoms with Crippen LogP contribution in [0.1, 0.15) is 80.8 Å². The molecule has 0 spiro atoms. The summed E-state index contributed by atoms with van der Waals surface area (Å²) in [5.74, 6) is 1.77. The van der Waals surface area contributed by atoms with Crippen LogP contribution in [-0.4, -0.2) is 50.8 Å². The van der Waals surface area contributed by atoms with Crippen molar-refractivity contribution >= 4 is 11.9 Å². The summed E-state index contributed by atoms with van der Waals surface area (Å²) in [4.78, 5) is 33.3. The Morgan fingerprint density at radius 3 is 2.19 bits per heavy atom. The first kappa shape index (κ1) is 30.4. The summed E-state index contributed by atoms with van der Waals surface area (Å²) in [5, 5.41) is 11.1. The number of nitrogens with zero attached hydrogens (tertiary/aromatic N) is 4. The fourth-order valence-electron chi connectivity index (χ4n) is 4.01. The van der Waals surface area contributed by atoms with Gasteiger partial charge < -0.3 is 29.6 Å². The van der Waals surface area contributed by atoms with Crippen LogP contribution in [0.3, 0.4) is 0 Å². The van der Waals surface area contributed by atoms with E-state index < -0.39 is 17.6 Å². The van der Waals surface area contributed by atoms with Gasteiger partial charge in [-0.1, -0.05) is 37.2 Å². The Balaban J connectivity index is 1.42. The second-order valence-corrected chi connectivity index (χ2v) is 10.8. The molecule has 1 unspecified atom stereocenters. The standard InChI is InChI=1S/C30H36N6O6/c1-7-23(40-21-11-8-19(9-12-21)25-32-28(17(2)3)41-35-25)29-33-26(36-42-29)20-10-13-22(18(4)14-20)27(38)34-30(5,6)16-39-24(37)15-31/h8-14,17,23H,7,15-16,31H2,1-6H3,(H,34,38). The second kappa shape index (κ2) is 12.9. The molecule has 0 saturated carbocycles. The van der Waals surface area contributed by atoms with Crippen molar-refractivity contribution in [2.45, 2.75) is 65.5 Å². The number of esters is 1. The Morgan fingerprint density at radius 2 is 1.60 bits per heavy atom. The second-order valence-electron chi connectivity index (χ2n) is 10.8. The van der Waals surface area contributed by atoms with Crippen molar-refractivity contribution in [2.75, 3.05) is 13.2 Å². The van der Waals surface area contributed by atoms with Gasteiger partial charge >= 0.3 is 5.97 Å². The van der Waals surface area contributed by atoms with E-state index in [0.29, 0.717) is 46.7 Å². The Hall–Kier alpha value is -4.58. The van der Waals surface area contributed by atoms with Crippen molar-refractivity contribution in [3.63, 3.8) is 0 Å². The predicted molar refractivity (Wildman–Crippen MR) is 154 cm³/mol. The summed E-state index contributed by atoms with van der Waals surface area (Å²) in [6, 6.07) is 12.7. The third-order valence-corrected chi connectivity index (χ3v) is 6.36. The van der Waals surface area contributed by atoms with Gasteiger partial charge in [0.15, 0.2) is 6.10 Å². The number of aromatic nitrogens is 4. The summed E-state index contributed by atoms with van der Waals surface area (Å²) in [6.45, 7) is 11.1. The number of nitrogens with two attached hydrogens (primary N) is 1. The van der Waals surface area contributed by atoms with E-state index in [1.165, 1.54) is 0 Å². The van der Waals surface area contributed by atoms with E-state index in [9.17, 15) is 9.59 Å². The fraction of sp³-hybridized carbons (Fsp3) is 0.400. The summed E-state index contributed by atoms with van der Waals surface area (Å²) in [6.07, 6.45) is 0.136. The number of benzene rings is 2. The van der Waals surface area contributed by atoms with Crippen LogP contribution < -0.4 is 15.8 Å². The van der Waals surface area contributed by atoms with Crippen LogP contribution in [0.25, 0.3) is 22.8 Å². The van der Waals surface area contributed by atoms with Crippen LogP contribution in [0.2, 0.25) is 0 Å². The minimum absolute atomic E-state index is 0.000292. The summed E-state index contributed by atoms with van der Waals surface area (Å²) >= 11 is 0. The molecule has 12 heteroatoms. The van der Waals surface area contributed by atoms with Gasteiger partial charge in [-0.2, -0.15) is 9.97 Å². The van der Waals surface area contributed by atoms with Gasteiger partial charge in [0.1, 0.15) is 12.4 Å². The highest BCUT2D eigenvalue weighted by atomic mass is 16.5. The molecule has 0 fully saturated rings. The molecule has 2 aromatic carbocycles. The van der Waals surface area contributed by atoms with E-state index in [1.54, 1.807) is 26.0 Å². The number of hydrogen-bond donors (Lipinski definition) is 2. The molecule has 1 amide bonds. The lowest BCUT2D eigenvalue weighted by atomic mass is 10.0. The highest BCUT2D eigenvalue weighted by Crippen LogP contribution is 2.28. The molecular formula is C30H36N6O6. The number of carbonyl (C=O) groups is 2. The molecule has 12 nitrogen and oxygen atoms in total. The van der Waals surface area contributed by atoms with Crippen LogP contribution in [0.5, 0.6) is 5.75 Å². The van der Waals surface area contributed by atoms with E-state index in [-0.39, 0.29) is 25.0 Å². The van der Waals surface area contributed by atoms with Crippen molar-refractivity contribution < 1.29 is 28.1 Å². The number of carbonyl (C=O) groups excluding carboxylic acids is 2. The van der Waals surface area contributed by atoms with Gasteiger partial charge in [0, 0.05) is 22.6 Å². The Kier molecular flexibility index (Phi) is 9.36. The number of aryl methyl sites for hydroxylation is 1. The molecule has 3 N–H and O–H groups in total. The summed E-state index contributed by atoms with van der Waals surface area (Å²) in [5.41, 5.74) is 7.19. The largest absolute Gasteiger partial charge is 0.481 e. The molecular weight excluding hydrogens is 540 g/mol. The smallest absolute Gasteiger partial charge is 0.319 e. The third-order valence-electron chi connectivity index (χ3n) is 6.36. The Morgan fingerprint density at radius 1 is 0.976 bits per heavy atom. The minimum atomic E-state index is -0.782. The molecule has 2 aromatic heterocycles. The van der Waals surface area contributed by atoms with E-state index in [1.807, 2.05) is 58.0 Å². The molecule has 0 aliphatic carbocycles. The molecule has 0 aliphatic rings. The predicted octanol–water partition coefficient (Wildman–Crippen LogP) is 4.76. The zero-order valence-electron chi connectivity index (χ0n) is 24.6. The SMILES string of the molecule is CCC(Oc1ccc(-c2noc(C(C)C)n2)cc1)c1nc(-c2ccc(C(=O)NC(C)(C)COC(=O)CN)c(C)c2)no1. The van der Waals surface area contributed by atoms with E-state index in [2.05, 4.69) is 25.6 Å². The summed E-state index contributed by atoms with van der Waals surface area (Å²) < 4.78 is 22.1. The minimum Gasteiger partial charge on any atom is -0.481 e. The van der Waals surface area contributed by atoms with Crippen LogP contribution in [0, 0.1) is 6.92 Å². The van der Waals surface area contributed by atoms with Crippen molar-refractivity contribution in [3.8, 4) is 28.5 Å². The van der Waals surface area contributed by atoms with Crippen LogP contribution in [0.15, 0.2) is 51.5 Å². The first-order valence-electron chi connectivity index (χ1n) is 13.7. The maximum absolute atomic E-state index is 12.9. The lowest BCUT2D eigenvalue weighted by molar-refractivity contribution is -0.143. The van der Waals surface area contributed by atoms with E-state index in [0.717, 1.165) is 11.1 Å². The lowest BCUT2D eigenvalue weighted by Crippen LogP contribution is -2.47. The molecule has 0 bridgehead atoms. The molecule has 1 atom stereocenters. The fourth-order valence-corrected chi connectivity index (χ4v) is 4.01. The number of rotatable bonds is 12. The molecule has 4 aromatic rings. The molecule has 42 heavy (non-hydrogen) atoms. The van der Waals surface area contributed by atoms with Gasteiger partial charge in [-0.05, 0) is 69.2 Å². The topological polar surface area (TPSA) is 168 Å². The van der Waals surface area contributed by atoms with Crippen molar-refractivity contribution in [3.05, 3.63) is 65.4 Å². The maximum Gasteiger partial charge on any atom is 0.319 e. The molecule has 0 aliphatic heterocycles. The van der Waals surface area contributed by atoms with Crippen molar-refractivity contribution in [1.82, 2.24) is 25.6 Å². The molecule has 0 saturated heterocycles. The Labute approximate surface area is 244 Å². The number of ether oxygens (including phenoxy) is 2. The van der Waals surface area contributed by atoms with E-state index in [4.69, 9.17) is 24.3 Å². The van der Waals surface area contributed by atoms with Crippen molar-refractivity contribution in [1.29, 1.82) is 0 Å². The van der Waals surface area contributed by atoms with Crippen LogP contribution >= 0.6 is 0 Å². The first-order valence-corrected chi connectivity index (χ1v) is 13.7. The molecule has 2 heterocycles. The molecule has 0 radical (unpaired) electrons. The average molecular weight is 577 g/mol. The highest BCUT2D eigenvalue weighted by molar-refractivity contribution is 5.96. The number of nitrogens with one attached hydrogen (secondary N) is 1. The number of hydrogen-bond acceptors (Lipinski definition) is 11. The number of amides is 1.